The van der Waals surface area contributed by atoms with Crippen molar-refractivity contribution in [1.29, 1.82) is 0 Å². The molecule has 0 amide bonds. The minimum absolute atomic E-state index is 0.0536. The first-order valence-corrected chi connectivity index (χ1v) is 7.21. The number of hydrogen-bond donors (Lipinski definition) is 2. The molecule has 0 aliphatic rings. The van der Waals surface area contributed by atoms with Gasteiger partial charge in [-0.1, -0.05) is 18.2 Å². The molecule has 0 aliphatic carbocycles. The van der Waals surface area contributed by atoms with E-state index in [0.29, 0.717) is 12.5 Å². The highest BCUT2D eigenvalue weighted by molar-refractivity contribution is 7.84. The van der Waals surface area contributed by atoms with E-state index in [9.17, 15) is 4.21 Å². The molecule has 1 rings (SSSR count). The molecule has 4 nitrogen and oxygen atoms in total. The maximum absolute atomic E-state index is 11.3. The number of benzene rings is 1. The fraction of sp³-hybridized carbons (Fsp3) is 0.308. The molecule has 98 valence electrons. The van der Waals surface area contributed by atoms with E-state index in [0.717, 1.165) is 10.5 Å². The van der Waals surface area contributed by atoms with Crippen LogP contribution in [0.4, 0.5) is 0 Å². The van der Waals surface area contributed by atoms with Gasteiger partial charge in [0.15, 0.2) is 5.96 Å². The van der Waals surface area contributed by atoms with Crippen LogP contribution in [0.2, 0.25) is 0 Å². The van der Waals surface area contributed by atoms with E-state index in [-0.39, 0.29) is 6.04 Å². The summed E-state index contributed by atoms with van der Waals surface area (Å²) in [5.41, 5.74) is 6.79. The summed E-state index contributed by atoms with van der Waals surface area (Å²) in [5, 5.41) is 3.08. The molecule has 2 atom stereocenters. The summed E-state index contributed by atoms with van der Waals surface area (Å²) in [6.07, 6.45) is 3.35. The normalized spacial score (nSPS) is 14.9. The van der Waals surface area contributed by atoms with Crippen LogP contribution in [-0.4, -0.2) is 23.0 Å². The lowest BCUT2D eigenvalue weighted by Gasteiger charge is -2.15. The standard InChI is InChI=1S/C13H19N3OS/c1-4-9-15-13(14)16-10(2)11-5-7-12(8-6-11)18(3)17/h4-8,10H,1,9H2,2-3H3,(H3,14,15,16). The Kier molecular flexibility index (Phi) is 5.58. The quantitative estimate of drug-likeness (QED) is 0.482. The molecule has 0 saturated heterocycles. The molecule has 18 heavy (non-hydrogen) atoms. The summed E-state index contributed by atoms with van der Waals surface area (Å²) >= 11 is 0. The van der Waals surface area contributed by atoms with Gasteiger partial charge in [0.1, 0.15) is 0 Å². The molecule has 0 aromatic heterocycles. The zero-order chi connectivity index (χ0) is 13.5. The largest absolute Gasteiger partial charge is 0.370 e. The second-order valence-corrected chi connectivity index (χ2v) is 5.28. The van der Waals surface area contributed by atoms with Crippen LogP contribution in [0.3, 0.4) is 0 Å². The van der Waals surface area contributed by atoms with Crippen LogP contribution in [-0.2, 0) is 10.8 Å². The smallest absolute Gasteiger partial charge is 0.189 e. The van der Waals surface area contributed by atoms with Gasteiger partial charge in [0.05, 0.1) is 12.6 Å². The summed E-state index contributed by atoms with van der Waals surface area (Å²) in [6, 6.07) is 7.66. The summed E-state index contributed by atoms with van der Waals surface area (Å²) in [7, 11) is -0.945. The lowest BCUT2D eigenvalue weighted by Crippen LogP contribution is -2.33. The molecule has 0 bridgehead atoms. The number of hydrogen-bond acceptors (Lipinski definition) is 2. The van der Waals surface area contributed by atoms with Gasteiger partial charge in [0, 0.05) is 22.0 Å². The van der Waals surface area contributed by atoms with Gasteiger partial charge in [-0.05, 0) is 24.6 Å². The van der Waals surface area contributed by atoms with Gasteiger partial charge in [-0.15, -0.1) is 6.58 Å². The van der Waals surface area contributed by atoms with Crippen molar-refractivity contribution in [2.45, 2.75) is 17.9 Å². The molecule has 0 aliphatic heterocycles. The van der Waals surface area contributed by atoms with E-state index in [2.05, 4.69) is 16.9 Å². The predicted octanol–water partition coefficient (Wildman–Crippen LogP) is 1.58. The van der Waals surface area contributed by atoms with E-state index in [1.807, 2.05) is 31.2 Å². The molecule has 0 fully saturated rings. The molecule has 1 aromatic carbocycles. The highest BCUT2D eigenvalue weighted by Crippen LogP contribution is 2.14. The zero-order valence-corrected chi connectivity index (χ0v) is 11.5. The van der Waals surface area contributed by atoms with Crippen molar-refractivity contribution in [3.05, 3.63) is 42.5 Å². The predicted molar refractivity (Wildman–Crippen MR) is 77.0 cm³/mol. The number of nitrogens with one attached hydrogen (secondary N) is 1. The lowest BCUT2D eigenvalue weighted by atomic mass is 10.1. The Morgan fingerprint density at radius 3 is 2.67 bits per heavy atom. The van der Waals surface area contributed by atoms with Gasteiger partial charge in [-0.2, -0.15) is 0 Å². The molecular formula is C13H19N3OS. The van der Waals surface area contributed by atoms with Crippen molar-refractivity contribution in [2.24, 2.45) is 10.7 Å². The molecular weight excluding hydrogens is 246 g/mol. The van der Waals surface area contributed by atoms with Crippen molar-refractivity contribution in [2.75, 3.05) is 12.8 Å². The Morgan fingerprint density at radius 2 is 2.17 bits per heavy atom. The molecule has 0 heterocycles. The monoisotopic (exact) mass is 265 g/mol. The van der Waals surface area contributed by atoms with Crippen molar-refractivity contribution in [1.82, 2.24) is 5.32 Å². The summed E-state index contributed by atoms with van der Waals surface area (Å²) in [5.74, 6) is 0.394. The minimum Gasteiger partial charge on any atom is -0.370 e. The van der Waals surface area contributed by atoms with Gasteiger partial charge in [-0.25, -0.2) is 4.99 Å². The van der Waals surface area contributed by atoms with Gasteiger partial charge in [0.25, 0.3) is 0 Å². The Balaban J connectivity index is 2.69. The second kappa shape index (κ2) is 6.96. The molecule has 5 heteroatoms. The fourth-order valence-electron chi connectivity index (χ4n) is 1.46. The Hall–Kier alpha value is -1.62. The SMILES string of the molecule is C=CCN=C(N)NC(C)c1ccc(S(C)=O)cc1. The van der Waals surface area contributed by atoms with E-state index < -0.39 is 10.8 Å². The second-order valence-electron chi connectivity index (χ2n) is 3.90. The maximum atomic E-state index is 11.3. The van der Waals surface area contributed by atoms with Gasteiger partial charge < -0.3 is 11.1 Å². The summed E-state index contributed by atoms with van der Waals surface area (Å²) < 4.78 is 11.3. The average molecular weight is 265 g/mol. The highest BCUT2D eigenvalue weighted by atomic mass is 32.2. The summed E-state index contributed by atoms with van der Waals surface area (Å²) in [6.45, 7) is 6.07. The average Bonchev–Trinajstić information content (AvgIpc) is 2.36. The van der Waals surface area contributed by atoms with E-state index in [1.54, 1.807) is 12.3 Å². The zero-order valence-electron chi connectivity index (χ0n) is 10.7. The topological polar surface area (TPSA) is 67.5 Å². The van der Waals surface area contributed by atoms with Crippen LogP contribution >= 0.6 is 0 Å². The van der Waals surface area contributed by atoms with Crippen LogP contribution in [0.25, 0.3) is 0 Å². The molecule has 0 saturated carbocycles. The first-order valence-electron chi connectivity index (χ1n) is 5.65. The third-order valence-corrected chi connectivity index (χ3v) is 3.40. The van der Waals surface area contributed by atoms with Crippen LogP contribution in [0, 0.1) is 0 Å². The molecule has 0 radical (unpaired) electrons. The van der Waals surface area contributed by atoms with Gasteiger partial charge >= 0.3 is 0 Å². The van der Waals surface area contributed by atoms with Crippen LogP contribution in [0.5, 0.6) is 0 Å². The number of aliphatic imine (C=N–C) groups is 1. The van der Waals surface area contributed by atoms with Crippen molar-refractivity contribution in [3.8, 4) is 0 Å². The first kappa shape index (κ1) is 14.4. The number of rotatable bonds is 5. The highest BCUT2D eigenvalue weighted by Gasteiger charge is 2.06. The molecule has 3 N–H and O–H groups in total. The van der Waals surface area contributed by atoms with Crippen LogP contribution < -0.4 is 11.1 Å². The Labute approximate surface area is 110 Å². The van der Waals surface area contributed by atoms with Crippen molar-refractivity contribution < 1.29 is 4.21 Å². The van der Waals surface area contributed by atoms with Crippen molar-refractivity contribution in [3.63, 3.8) is 0 Å². The van der Waals surface area contributed by atoms with Crippen molar-refractivity contribution >= 4 is 16.8 Å². The summed E-state index contributed by atoms with van der Waals surface area (Å²) in [4.78, 5) is 4.89. The van der Waals surface area contributed by atoms with Gasteiger partial charge in [-0.3, -0.25) is 4.21 Å². The Morgan fingerprint density at radius 1 is 1.56 bits per heavy atom. The maximum Gasteiger partial charge on any atom is 0.189 e. The van der Waals surface area contributed by atoms with E-state index in [4.69, 9.17) is 5.73 Å². The Bertz CT molecular complexity index is 454. The molecule has 2 unspecified atom stereocenters. The third kappa shape index (κ3) is 4.33. The number of guanidine groups is 1. The van der Waals surface area contributed by atoms with Crippen LogP contribution in [0.1, 0.15) is 18.5 Å². The molecule has 0 spiro atoms. The van der Waals surface area contributed by atoms with E-state index >= 15 is 0 Å². The molecule has 1 aromatic rings. The fourth-order valence-corrected chi connectivity index (χ4v) is 1.98. The lowest BCUT2D eigenvalue weighted by molar-refractivity contribution is 0.686. The van der Waals surface area contributed by atoms with E-state index in [1.165, 1.54) is 0 Å². The third-order valence-electron chi connectivity index (χ3n) is 2.47. The van der Waals surface area contributed by atoms with Crippen LogP contribution in [0.15, 0.2) is 46.8 Å². The van der Waals surface area contributed by atoms with Gasteiger partial charge in [0.2, 0.25) is 0 Å². The number of nitrogens with two attached hydrogens (primary N) is 1. The first-order chi connectivity index (χ1) is 8.54. The minimum atomic E-state index is -0.945. The number of nitrogens with zero attached hydrogens (tertiary/aromatic N) is 1.